The highest BCUT2D eigenvalue weighted by atomic mass is 14.7. The normalized spacial score (nSPS) is 10.6. The second-order valence-electron chi connectivity index (χ2n) is 17.2. The Morgan fingerprint density at radius 1 is 0.225 bits per heavy atom. The molecule has 2 nitrogen and oxygen atoms in total. The van der Waals surface area contributed by atoms with E-state index in [-0.39, 0.29) is 0 Å². The quantitative estimate of drug-likeness (QED) is 0.141. The van der Waals surface area contributed by atoms with Crippen LogP contribution in [0.1, 0.15) is 155 Å². The molecule has 4 aliphatic rings. The zero-order valence-corrected chi connectivity index (χ0v) is 51.5. The van der Waals surface area contributed by atoms with Crippen molar-refractivity contribution >= 4 is 32.6 Å². The van der Waals surface area contributed by atoms with E-state index in [1.54, 1.807) is 12.4 Å². The van der Waals surface area contributed by atoms with Gasteiger partial charge in [0.05, 0.1) is 11.0 Å². The molecule has 0 fully saturated rings. The van der Waals surface area contributed by atoms with E-state index in [0.29, 0.717) is 0 Å². The molecule has 2 heterocycles. The van der Waals surface area contributed by atoms with Crippen molar-refractivity contribution in [2.75, 3.05) is 0 Å². The summed E-state index contributed by atoms with van der Waals surface area (Å²) in [6.07, 6.45) is 7.96. The van der Waals surface area contributed by atoms with Crippen LogP contribution in [0.15, 0.2) is 219 Å². The van der Waals surface area contributed by atoms with Crippen molar-refractivity contribution in [3.63, 3.8) is 0 Å². The lowest BCUT2D eigenvalue weighted by atomic mass is 9.98. The Morgan fingerprint density at radius 2 is 0.512 bits per heavy atom. The molecule has 80 heavy (non-hydrogen) atoms. The van der Waals surface area contributed by atoms with Gasteiger partial charge in [-0.2, -0.15) is 0 Å². The van der Waals surface area contributed by atoms with Gasteiger partial charge in [0.15, 0.2) is 0 Å². The number of hydrogen-bond donors (Lipinski definition) is 0. The lowest BCUT2D eigenvalue weighted by molar-refractivity contribution is 1.24. The van der Waals surface area contributed by atoms with Crippen molar-refractivity contribution in [2.24, 2.45) is 0 Å². The maximum absolute atomic E-state index is 4.35. The molecular formula is C78H92N2. The van der Waals surface area contributed by atoms with Crippen LogP contribution in [0, 0.1) is 0 Å². The fraction of sp³-hybridized carbons (Fsp3) is 0.256. The number of fused-ring (bicyclic) bond motifs is 17. The molecule has 9 aromatic carbocycles. The minimum absolute atomic E-state index is 0.977. The first-order valence-corrected chi connectivity index (χ1v) is 30.4. The molecule has 11 aromatic rings. The molecule has 0 saturated carbocycles. The third-order valence-electron chi connectivity index (χ3n) is 13.4. The van der Waals surface area contributed by atoms with Crippen LogP contribution in [-0.4, -0.2) is 9.97 Å². The maximum Gasteiger partial charge on any atom is 0.0964 e. The highest BCUT2D eigenvalue weighted by molar-refractivity contribution is 6.03. The number of rotatable bonds is 0. The summed E-state index contributed by atoms with van der Waals surface area (Å²) in [7, 11) is 0. The molecule has 0 N–H and O–H groups in total. The molecule has 2 heteroatoms. The third-order valence-corrected chi connectivity index (χ3v) is 13.4. The van der Waals surface area contributed by atoms with Crippen LogP contribution in [0.2, 0.25) is 0 Å². The lowest BCUT2D eigenvalue weighted by Crippen LogP contribution is -1.85. The van der Waals surface area contributed by atoms with Gasteiger partial charge in [0.25, 0.3) is 0 Å². The molecular weight excluding hydrogens is 965 g/mol. The monoisotopic (exact) mass is 1060 g/mol. The Kier molecular flexibility index (Phi) is 28.1. The van der Waals surface area contributed by atoms with Crippen molar-refractivity contribution in [3.8, 4) is 44.5 Å². The van der Waals surface area contributed by atoms with Crippen molar-refractivity contribution in [1.29, 1.82) is 0 Å². The smallest absolute Gasteiger partial charge is 0.0964 e. The fourth-order valence-corrected chi connectivity index (χ4v) is 10.4. The van der Waals surface area contributed by atoms with E-state index in [1.807, 2.05) is 123 Å². The average molecular weight is 1060 g/mol. The number of benzene rings is 9. The first kappa shape index (κ1) is 64.6. The van der Waals surface area contributed by atoms with E-state index < -0.39 is 0 Å². The Labute approximate surface area is 484 Å². The van der Waals surface area contributed by atoms with Crippen LogP contribution in [0.3, 0.4) is 0 Å². The van der Waals surface area contributed by atoms with E-state index in [1.165, 1.54) is 99.8 Å². The van der Waals surface area contributed by atoms with Gasteiger partial charge in [0.2, 0.25) is 0 Å². The van der Waals surface area contributed by atoms with E-state index in [4.69, 9.17) is 0 Å². The van der Waals surface area contributed by atoms with Gasteiger partial charge in [-0.15, -0.1) is 0 Å². The standard InChI is InChI=1S/C20H14.C17H12.C13H10.C12H8N2.8C2H6/c1-3-7-17-13(5-1)9-15-11-20-16(12-19(15)17)10-14-6-2-4-8-18(14)20;1-3-7-15-12(5-1)9-10-14-11-13-6-2-4-8-16(13)17(14)15;1-3-7-12-10(5-1)9-11-6-2-4-8-13(11)12;1-3-9-5-6-10-4-2-8-14-12(10)11(9)13-7-1;8*1-2/h1-8,11-12H,9-10H2;1-10H,11H2;1-8H,9H2;1-8H;8*1-2H3. The van der Waals surface area contributed by atoms with Gasteiger partial charge in [-0.3, -0.25) is 9.97 Å². The van der Waals surface area contributed by atoms with Crippen LogP contribution in [0.4, 0.5) is 0 Å². The number of hydrogen-bond acceptors (Lipinski definition) is 2. The average Bonchev–Trinajstić information content (AvgIpc) is 4.44. The predicted octanol–water partition coefficient (Wildman–Crippen LogP) is 23.5. The molecule has 4 aliphatic carbocycles. The summed E-state index contributed by atoms with van der Waals surface area (Å²) in [5, 5.41) is 5.00. The van der Waals surface area contributed by atoms with Crippen molar-refractivity contribution in [2.45, 2.75) is 136 Å². The number of nitrogens with zero attached hydrogens (tertiary/aromatic N) is 2. The fourth-order valence-electron chi connectivity index (χ4n) is 10.4. The summed E-state index contributed by atoms with van der Waals surface area (Å²) < 4.78 is 0. The van der Waals surface area contributed by atoms with E-state index in [0.717, 1.165) is 47.5 Å². The summed E-state index contributed by atoms with van der Waals surface area (Å²) in [6, 6.07) is 73.8. The zero-order chi connectivity index (χ0) is 58.4. The molecule has 0 spiro atoms. The molecule has 0 saturated heterocycles. The van der Waals surface area contributed by atoms with E-state index in [9.17, 15) is 0 Å². The minimum atomic E-state index is 0.977. The first-order valence-electron chi connectivity index (χ1n) is 30.4. The predicted molar refractivity (Wildman–Crippen MR) is 358 cm³/mol. The van der Waals surface area contributed by atoms with Gasteiger partial charge in [0, 0.05) is 23.2 Å². The number of aromatic nitrogens is 2. The zero-order valence-electron chi connectivity index (χ0n) is 51.5. The van der Waals surface area contributed by atoms with Crippen LogP contribution >= 0.6 is 0 Å². The van der Waals surface area contributed by atoms with Crippen LogP contribution in [0.5, 0.6) is 0 Å². The summed E-state index contributed by atoms with van der Waals surface area (Å²) >= 11 is 0. The molecule has 0 unspecified atom stereocenters. The number of pyridine rings is 2. The van der Waals surface area contributed by atoms with Crippen LogP contribution in [-0.2, 0) is 25.7 Å². The SMILES string of the molecule is CC.CC.CC.CC.CC.CC.CC.CC.c1ccc2c(c1)Cc1cc3c(cc1-2)Cc1ccccc1-3.c1ccc2c(c1)Cc1ccc3ccccc3c1-2.c1ccc2c(c1)Cc1ccccc1-2.c1cnc2c(c1)ccc1cccnc12. The molecule has 0 radical (unpaired) electrons. The van der Waals surface area contributed by atoms with Gasteiger partial charge in [-0.25, -0.2) is 0 Å². The summed E-state index contributed by atoms with van der Waals surface area (Å²) in [5.41, 5.74) is 25.2. The molecule has 0 atom stereocenters. The second kappa shape index (κ2) is 34.8. The topological polar surface area (TPSA) is 25.8 Å². The van der Waals surface area contributed by atoms with Gasteiger partial charge in [-0.05, 0) is 150 Å². The third kappa shape index (κ3) is 14.8. The molecule has 15 rings (SSSR count). The first-order chi connectivity index (χ1) is 39.7. The van der Waals surface area contributed by atoms with E-state index in [2.05, 4.69) is 204 Å². The molecule has 414 valence electrons. The van der Waals surface area contributed by atoms with Crippen LogP contribution < -0.4 is 0 Å². The second-order valence-corrected chi connectivity index (χ2v) is 17.2. The van der Waals surface area contributed by atoms with Gasteiger partial charge in [0.1, 0.15) is 0 Å². The highest BCUT2D eigenvalue weighted by Crippen LogP contribution is 2.45. The van der Waals surface area contributed by atoms with Crippen molar-refractivity contribution < 1.29 is 0 Å². The summed E-state index contributed by atoms with van der Waals surface area (Å²) in [4.78, 5) is 8.69. The summed E-state index contributed by atoms with van der Waals surface area (Å²) in [5.74, 6) is 0. The Balaban J connectivity index is 0.000000214. The van der Waals surface area contributed by atoms with Crippen molar-refractivity contribution in [1.82, 2.24) is 9.97 Å². The van der Waals surface area contributed by atoms with Gasteiger partial charge < -0.3 is 0 Å². The van der Waals surface area contributed by atoms with Gasteiger partial charge >= 0.3 is 0 Å². The molecule has 2 aromatic heterocycles. The molecule has 0 amide bonds. The Morgan fingerprint density at radius 3 is 0.925 bits per heavy atom. The maximum atomic E-state index is 4.35. The van der Waals surface area contributed by atoms with Gasteiger partial charge in [-0.1, -0.05) is 293 Å². The minimum Gasteiger partial charge on any atom is -0.254 e. The summed E-state index contributed by atoms with van der Waals surface area (Å²) in [6.45, 7) is 32.0. The van der Waals surface area contributed by atoms with E-state index >= 15 is 0 Å². The van der Waals surface area contributed by atoms with Crippen LogP contribution in [0.25, 0.3) is 77.1 Å². The Hall–Kier alpha value is -7.94. The largest absolute Gasteiger partial charge is 0.254 e. The Bertz CT molecular complexity index is 3410. The van der Waals surface area contributed by atoms with Crippen molar-refractivity contribution in [3.05, 3.63) is 263 Å². The molecule has 0 aliphatic heterocycles. The highest BCUT2D eigenvalue weighted by Gasteiger charge is 2.25. The molecule has 0 bridgehead atoms. The lowest BCUT2D eigenvalue weighted by Gasteiger charge is -2.06.